The highest BCUT2D eigenvalue weighted by atomic mass is 28.3. The van der Waals surface area contributed by atoms with Gasteiger partial charge in [-0.3, -0.25) is 0 Å². The predicted molar refractivity (Wildman–Crippen MR) is 108 cm³/mol. The zero-order chi connectivity index (χ0) is 17.1. The molecule has 2 aliphatic rings. The Morgan fingerprint density at radius 1 is 0.783 bits per heavy atom. The average molecular weight is 329 g/mol. The Labute approximate surface area is 145 Å². The third-order valence-corrected chi connectivity index (χ3v) is 12.6. The van der Waals surface area contributed by atoms with Crippen LogP contribution in [0, 0.1) is 0 Å². The second kappa shape index (κ2) is 6.97. The molecule has 0 aliphatic heterocycles. The lowest BCUT2D eigenvalue weighted by Gasteiger charge is -2.47. The molecule has 1 heteroatoms. The molecule has 0 saturated heterocycles. The van der Waals surface area contributed by atoms with Crippen LogP contribution in [-0.4, -0.2) is 8.07 Å². The van der Waals surface area contributed by atoms with Crippen molar-refractivity contribution in [2.45, 2.75) is 89.4 Å². The summed E-state index contributed by atoms with van der Waals surface area (Å²) in [5, 5.41) is 0.539. The molecule has 128 valence electrons. The van der Waals surface area contributed by atoms with E-state index < -0.39 is 8.07 Å². The Bertz CT molecular complexity index is 498. The van der Waals surface area contributed by atoms with Gasteiger partial charge in [0, 0.05) is 0 Å². The van der Waals surface area contributed by atoms with Gasteiger partial charge in [0.2, 0.25) is 0 Å². The summed E-state index contributed by atoms with van der Waals surface area (Å²) in [5.41, 5.74) is 3.13. The first kappa shape index (κ1) is 18.5. The molecule has 0 radical (unpaired) electrons. The van der Waals surface area contributed by atoms with E-state index in [9.17, 15) is 0 Å². The topological polar surface area (TPSA) is 0 Å². The molecule has 2 rings (SSSR count). The van der Waals surface area contributed by atoms with Crippen LogP contribution < -0.4 is 0 Å². The number of hydrogen-bond donors (Lipinski definition) is 0. The molecule has 2 unspecified atom stereocenters. The maximum absolute atomic E-state index is 2.60. The number of unbranched alkanes of at least 4 members (excludes halogenated alkanes) is 2. The van der Waals surface area contributed by atoms with Gasteiger partial charge in [0.05, 0.1) is 8.07 Å². The van der Waals surface area contributed by atoms with Gasteiger partial charge in [0.15, 0.2) is 0 Å². The van der Waals surface area contributed by atoms with Crippen LogP contribution in [0.1, 0.15) is 66.2 Å². The molecule has 0 heterocycles. The summed E-state index contributed by atoms with van der Waals surface area (Å²) in [4.78, 5) is 0. The summed E-state index contributed by atoms with van der Waals surface area (Å²) < 4.78 is 0. The Morgan fingerprint density at radius 3 is 1.52 bits per heavy atom. The van der Waals surface area contributed by atoms with Crippen molar-refractivity contribution in [3.05, 3.63) is 47.6 Å². The van der Waals surface area contributed by atoms with Crippen molar-refractivity contribution in [1.29, 1.82) is 0 Å². The first-order chi connectivity index (χ1) is 10.8. The normalized spacial score (nSPS) is 30.0. The molecular formula is C22H36Si. The van der Waals surface area contributed by atoms with Crippen molar-refractivity contribution < 1.29 is 0 Å². The molecule has 0 N–H and O–H groups in total. The first-order valence-electron chi connectivity index (χ1n) is 9.60. The standard InChI is InChI=1S/C22H36Si/c1-7-9-11-19-13-15-21(3,17-19)23(5,6)22(4)16-14-20(18-22)12-10-8-2/h13-18H,7-12H2,1-6H3. The van der Waals surface area contributed by atoms with Gasteiger partial charge in [-0.2, -0.15) is 0 Å². The van der Waals surface area contributed by atoms with Gasteiger partial charge >= 0.3 is 0 Å². The second-order valence-corrected chi connectivity index (χ2v) is 13.9. The fourth-order valence-corrected chi connectivity index (χ4v) is 7.21. The van der Waals surface area contributed by atoms with Gasteiger partial charge in [-0.25, -0.2) is 0 Å². The quantitative estimate of drug-likeness (QED) is 0.403. The third-order valence-electron chi connectivity index (χ3n) is 6.59. The van der Waals surface area contributed by atoms with Crippen molar-refractivity contribution in [3.63, 3.8) is 0 Å². The lowest BCUT2D eigenvalue weighted by Crippen LogP contribution is -2.47. The largest absolute Gasteiger partial charge is 0.0773 e. The highest BCUT2D eigenvalue weighted by molar-refractivity contribution is 6.85. The molecule has 23 heavy (non-hydrogen) atoms. The minimum Gasteiger partial charge on any atom is -0.0773 e. The summed E-state index contributed by atoms with van der Waals surface area (Å²) in [5.74, 6) is 0. The SMILES string of the molecule is CCCCC1=CC(C)([Si](C)(C)C2(C)C=CC(CCCC)=C2)C=C1. The Kier molecular flexibility index (Phi) is 5.61. The molecule has 0 saturated carbocycles. The van der Waals surface area contributed by atoms with Crippen molar-refractivity contribution in [2.24, 2.45) is 0 Å². The van der Waals surface area contributed by atoms with Crippen LogP contribution in [-0.2, 0) is 0 Å². The molecule has 0 amide bonds. The maximum atomic E-state index is 2.60. The molecule has 0 aromatic rings. The van der Waals surface area contributed by atoms with Crippen LogP contribution >= 0.6 is 0 Å². The van der Waals surface area contributed by atoms with Gasteiger partial charge in [-0.05, 0) is 35.8 Å². The van der Waals surface area contributed by atoms with Gasteiger partial charge in [-0.15, -0.1) is 0 Å². The zero-order valence-corrected chi connectivity index (χ0v) is 17.2. The van der Waals surface area contributed by atoms with E-state index in [0.717, 1.165) is 0 Å². The number of rotatable bonds is 8. The summed E-state index contributed by atoms with van der Waals surface area (Å²) in [6.07, 6.45) is 22.7. The minimum atomic E-state index is -1.57. The van der Waals surface area contributed by atoms with E-state index in [1.807, 2.05) is 0 Å². The summed E-state index contributed by atoms with van der Waals surface area (Å²) in [7, 11) is -1.57. The molecular weight excluding hydrogens is 292 g/mol. The van der Waals surface area contributed by atoms with Crippen LogP contribution in [0.15, 0.2) is 47.6 Å². The fraction of sp³-hybridized carbons (Fsp3) is 0.636. The summed E-state index contributed by atoms with van der Waals surface area (Å²) >= 11 is 0. The van der Waals surface area contributed by atoms with Crippen LogP contribution in [0.25, 0.3) is 0 Å². The fourth-order valence-electron chi connectivity index (χ4n) is 3.95. The summed E-state index contributed by atoms with van der Waals surface area (Å²) in [6.45, 7) is 14.7. The molecule has 0 aromatic carbocycles. The van der Waals surface area contributed by atoms with Crippen molar-refractivity contribution in [3.8, 4) is 0 Å². The predicted octanol–water partition coefficient (Wildman–Crippen LogP) is 7.59. The van der Waals surface area contributed by atoms with Crippen molar-refractivity contribution in [1.82, 2.24) is 0 Å². The molecule has 0 spiro atoms. The Hall–Kier alpha value is -0.823. The highest BCUT2D eigenvalue weighted by Gasteiger charge is 2.52. The van der Waals surface area contributed by atoms with Gasteiger partial charge in [0.25, 0.3) is 0 Å². The Morgan fingerprint density at radius 2 is 1.17 bits per heavy atom. The van der Waals surface area contributed by atoms with Crippen molar-refractivity contribution in [2.75, 3.05) is 0 Å². The molecule has 0 aromatic heterocycles. The minimum absolute atomic E-state index is 0.270. The maximum Gasteiger partial charge on any atom is 0.0768 e. The van der Waals surface area contributed by atoms with Gasteiger partial charge in [0.1, 0.15) is 0 Å². The molecule has 2 aliphatic carbocycles. The van der Waals surface area contributed by atoms with E-state index >= 15 is 0 Å². The molecule has 0 bridgehead atoms. The van der Waals surface area contributed by atoms with Crippen LogP contribution in [0.5, 0.6) is 0 Å². The third kappa shape index (κ3) is 3.50. The number of hydrogen-bond acceptors (Lipinski definition) is 0. The first-order valence-corrected chi connectivity index (χ1v) is 12.6. The van der Waals surface area contributed by atoms with E-state index in [2.05, 4.69) is 77.2 Å². The van der Waals surface area contributed by atoms with E-state index in [1.54, 1.807) is 11.1 Å². The zero-order valence-electron chi connectivity index (χ0n) is 16.2. The monoisotopic (exact) mass is 328 g/mol. The number of allylic oxidation sites excluding steroid dienone is 8. The van der Waals surface area contributed by atoms with Gasteiger partial charge in [-0.1, -0.05) is 101 Å². The highest BCUT2D eigenvalue weighted by Crippen LogP contribution is 2.59. The van der Waals surface area contributed by atoms with Crippen molar-refractivity contribution >= 4 is 8.07 Å². The summed E-state index contributed by atoms with van der Waals surface area (Å²) in [6, 6.07) is 0. The van der Waals surface area contributed by atoms with Crippen LogP contribution in [0.2, 0.25) is 23.2 Å². The van der Waals surface area contributed by atoms with E-state index in [-0.39, 0.29) is 10.1 Å². The molecule has 2 atom stereocenters. The van der Waals surface area contributed by atoms with E-state index in [1.165, 1.54) is 38.5 Å². The van der Waals surface area contributed by atoms with E-state index in [4.69, 9.17) is 0 Å². The average Bonchev–Trinajstić information content (AvgIpc) is 3.08. The molecule has 0 nitrogen and oxygen atoms in total. The van der Waals surface area contributed by atoms with Crippen LogP contribution in [0.4, 0.5) is 0 Å². The Balaban J connectivity index is 2.22. The van der Waals surface area contributed by atoms with Crippen LogP contribution in [0.3, 0.4) is 0 Å². The second-order valence-electron chi connectivity index (χ2n) is 8.50. The lowest BCUT2D eigenvalue weighted by atomic mass is 10.1. The van der Waals surface area contributed by atoms with E-state index in [0.29, 0.717) is 0 Å². The smallest absolute Gasteiger partial charge is 0.0768 e. The molecule has 0 fully saturated rings. The lowest BCUT2D eigenvalue weighted by molar-refractivity contribution is 0.779. The van der Waals surface area contributed by atoms with Gasteiger partial charge < -0.3 is 0 Å².